The molecule has 2 aliphatic heterocycles. The minimum absolute atomic E-state index is 0.0920. The summed E-state index contributed by atoms with van der Waals surface area (Å²) in [6, 6.07) is 0.157. The molecule has 0 bridgehead atoms. The van der Waals surface area contributed by atoms with Crippen LogP contribution < -0.4 is 5.73 Å². The van der Waals surface area contributed by atoms with Crippen LogP contribution in [-0.2, 0) is 17.8 Å². The highest BCUT2D eigenvalue weighted by atomic mass is 16.5. The second-order valence-corrected chi connectivity index (χ2v) is 5.52. The van der Waals surface area contributed by atoms with E-state index in [9.17, 15) is 0 Å². The Morgan fingerprint density at radius 2 is 2.47 bits per heavy atom. The fourth-order valence-electron chi connectivity index (χ4n) is 2.76. The summed E-state index contributed by atoms with van der Waals surface area (Å²) in [6.07, 6.45) is 3.93. The summed E-state index contributed by atoms with van der Waals surface area (Å²) in [5.74, 6) is 1.16. The number of rotatable bonds is 2. The summed E-state index contributed by atoms with van der Waals surface area (Å²) < 4.78 is 7.72. The van der Waals surface area contributed by atoms with Gasteiger partial charge in [0.25, 0.3) is 0 Å². The highest BCUT2D eigenvalue weighted by Gasteiger charge is 2.39. The Labute approximate surface area is 102 Å². The van der Waals surface area contributed by atoms with Gasteiger partial charge in [0, 0.05) is 43.5 Å². The van der Waals surface area contributed by atoms with E-state index in [-0.39, 0.29) is 11.5 Å². The van der Waals surface area contributed by atoms with Crippen LogP contribution in [0.2, 0.25) is 0 Å². The van der Waals surface area contributed by atoms with Crippen molar-refractivity contribution in [2.75, 3.05) is 26.3 Å². The van der Waals surface area contributed by atoms with Crippen molar-refractivity contribution in [2.45, 2.75) is 26.1 Å². The van der Waals surface area contributed by atoms with Gasteiger partial charge in [-0.15, -0.1) is 0 Å². The van der Waals surface area contributed by atoms with Crippen molar-refractivity contribution < 1.29 is 4.74 Å². The molecule has 5 nitrogen and oxygen atoms in total. The number of aromatic nitrogens is 2. The Kier molecular flexibility index (Phi) is 2.69. The van der Waals surface area contributed by atoms with Crippen LogP contribution in [0.25, 0.3) is 0 Å². The minimum atomic E-state index is 0.0920. The third-order valence-corrected chi connectivity index (χ3v) is 4.03. The Balaban J connectivity index is 1.68. The van der Waals surface area contributed by atoms with Crippen molar-refractivity contribution >= 4 is 0 Å². The minimum Gasteiger partial charge on any atom is -0.379 e. The van der Waals surface area contributed by atoms with Crippen LogP contribution >= 0.6 is 0 Å². The molecule has 0 saturated carbocycles. The molecule has 1 aromatic rings. The molecule has 5 heteroatoms. The van der Waals surface area contributed by atoms with Gasteiger partial charge >= 0.3 is 0 Å². The average Bonchev–Trinajstić information content (AvgIpc) is 2.87. The van der Waals surface area contributed by atoms with Gasteiger partial charge in [-0.2, -0.15) is 0 Å². The maximum absolute atomic E-state index is 6.13. The van der Waals surface area contributed by atoms with Gasteiger partial charge in [0.15, 0.2) is 0 Å². The van der Waals surface area contributed by atoms with Crippen molar-refractivity contribution in [3.05, 3.63) is 18.2 Å². The van der Waals surface area contributed by atoms with E-state index in [1.54, 1.807) is 0 Å². The number of nitrogens with two attached hydrogens (primary N) is 1. The van der Waals surface area contributed by atoms with Gasteiger partial charge in [0.2, 0.25) is 0 Å². The molecule has 94 valence electrons. The maximum Gasteiger partial charge on any atom is 0.122 e. The van der Waals surface area contributed by atoms with Gasteiger partial charge in [0.05, 0.1) is 19.8 Å². The van der Waals surface area contributed by atoms with Crippen LogP contribution in [0.1, 0.15) is 12.7 Å². The summed E-state index contributed by atoms with van der Waals surface area (Å²) in [5.41, 5.74) is 6.22. The molecule has 0 aromatic carbocycles. The van der Waals surface area contributed by atoms with E-state index in [1.165, 1.54) is 0 Å². The third kappa shape index (κ3) is 1.99. The van der Waals surface area contributed by atoms with Gasteiger partial charge in [-0.25, -0.2) is 4.98 Å². The fraction of sp³-hybridized carbons (Fsp3) is 0.750. The van der Waals surface area contributed by atoms with Gasteiger partial charge in [-0.1, -0.05) is 6.92 Å². The first-order valence-corrected chi connectivity index (χ1v) is 6.23. The van der Waals surface area contributed by atoms with Crippen LogP contribution in [0.5, 0.6) is 0 Å². The predicted molar refractivity (Wildman–Crippen MR) is 64.4 cm³/mol. The first-order chi connectivity index (χ1) is 8.17. The summed E-state index contributed by atoms with van der Waals surface area (Å²) in [4.78, 5) is 6.82. The van der Waals surface area contributed by atoms with Crippen molar-refractivity contribution in [1.29, 1.82) is 0 Å². The Bertz CT molecular complexity index is 405. The van der Waals surface area contributed by atoms with Gasteiger partial charge in [-0.05, 0) is 0 Å². The Morgan fingerprint density at radius 3 is 3.24 bits per heavy atom. The first kappa shape index (κ1) is 11.2. The first-order valence-electron chi connectivity index (χ1n) is 6.23. The number of imidazole rings is 1. The zero-order valence-electron chi connectivity index (χ0n) is 10.3. The maximum atomic E-state index is 6.13. The highest BCUT2D eigenvalue weighted by molar-refractivity contribution is 4.98. The van der Waals surface area contributed by atoms with E-state index in [1.807, 2.05) is 6.20 Å². The quantitative estimate of drug-likeness (QED) is 0.789. The second-order valence-electron chi connectivity index (χ2n) is 5.52. The lowest BCUT2D eigenvalue weighted by molar-refractivity contribution is 0.102. The Hall–Kier alpha value is -0.910. The van der Waals surface area contributed by atoms with Crippen LogP contribution in [-0.4, -0.2) is 46.8 Å². The van der Waals surface area contributed by atoms with Crippen LogP contribution in [0.15, 0.2) is 12.4 Å². The summed E-state index contributed by atoms with van der Waals surface area (Å²) in [6.45, 7) is 7.73. The molecular formula is C12H20N4O. The lowest BCUT2D eigenvalue weighted by atomic mass is 9.85. The molecule has 2 atom stereocenters. The molecule has 2 N–H and O–H groups in total. The van der Waals surface area contributed by atoms with Crippen molar-refractivity contribution in [1.82, 2.24) is 14.5 Å². The molecule has 2 unspecified atom stereocenters. The molecule has 1 saturated heterocycles. The largest absolute Gasteiger partial charge is 0.379 e. The highest BCUT2D eigenvalue weighted by Crippen LogP contribution is 2.29. The van der Waals surface area contributed by atoms with E-state index in [2.05, 4.69) is 27.6 Å². The third-order valence-electron chi connectivity index (χ3n) is 4.03. The number of ether oxygens (including phenoxy) is 1. The monoisotopic (exact) mass is 236 g/mol. The standard InChI is InChI=1S/C12H20N4O/c1-12(9-17-7-10(12)13)8-15-4-5-16-3-2-14-11(16)6-15/h2-3,10H,4-9,13H2,1H3. The average molecular weight is 236 g/mol. The normalized spacial score (nSPS) is 33.9. The summed E-state index contributed by atoms with van der Waals surface area (Å²) in [7, 11) is 0. The van der Waals surface area contributed by atoms with Crippen molar-refractivity contribution in [3.8, 4) is 0 Å². The number of hydrogen-bond donors (Lipinski definition) is 1. The SMILES string of the molecule is CC1(CN2CCn3ccnc3C2)COCC1N. The Morgan fingerprint density at radius 1 is 1.59 bits per heavy atom. The van der Waals surface area contributed by atoms with Gasteiger partial charge < -0.3 is 15.0 Å². The fourth-order valence-corrected chi connectivity index (χ4v) is 2.76. The molecule has 0 amide bonds. The molecule has 1 aromatic heterocycles. The molecule has 2 aliphatic rings. The topological polar surface area (TPSA) is 56.3 Å². The molecule has 1 fully saturated rings. The van der Waals surface area contributed by atoms with Gasteiger partial charge in [0.1, 0.15) is 5.82 Å². The van der Waals surface area contributed by atoms with E-state index in [4.69, 9.17) is 10.5 Å². The van der Waals surface area contributed by atoms with Crippen LogP contribution in [0, 0.1) is 5.41 Å². The molecule has 0 spiro atoms. The zero-order valence-corrected chi connectivity index (χ0v) is 10.3. The number of hydrogen-bond acceptors (Lipinski definition) is 4. The van der Waals surface area contributed by atoms with Crippen LogP contribution in [0.3, 0.4) is 0 Å². The van der Waals surface area contributed by atoms with E-state index < -0.39 is 0 Å². The van der Waals surface area contributed by atoms with Crippen molar-refractivity contribution in [3.63, 3.8) is 0 Å². The lowest BCUT2D eigenvalue weighted by Gasteiger charge is -2.36. The second kappa shape index (κ2) is 4.08. The molecule has 0 aliphatic carbocycles. The lowest BCUT2D eigenvalue weighted by Crippen LogP contribution is -2.48. The molecular weight excluding hydrogens is 216 g/mol. The van der Waals surface area contributed by atoms with Gasteiger partial charge in [-0.3, -0.25) is 4.90 Å². The molecule has 17 heavy (non-hydrogen) atoms. The van der Waals surface area contributed by atoms with Crippen molar-refractivity contribution in [2.24, 2.45) is 11.1 Å². The predicted octanol–water partition coefficient (Wildman–Crippen LogP) is 0.0625. The summed E-state index contributed by atoms with van der Waals surface area (Å²) in [5, 5.41) is 0. The van der Waals surface area contributed by atoms with Crippen LogP contribution in [0.4, 0.5) is 0 Å². The molecule has 0 radical (unpaired) electrons. The van der Waals surface area contributed by atoms with E-state index >= 15 is 0 Å². The number of fused-ring (bicyclic) bond motifs is 1. The smallest absolute Gasteiger partial charge is 0.122 e. The van der Waals surface area contributed by atoms with E-state index in [0.29, 0.717) is 6.61 Å². The number of nitrogens with zero attached hydrogens (tertiary/aromatic N) is 3. The molecule has 3 rings (SSSR count). The summed E-state index contributed by atoms with van der Waals surface area (Å²) >= 11 is 0. The van der Waals surface area contributed by atoms with E-state index in [0.717, 1.165) is 38.6 Å². The zero-order chi connectivity index (χ0) is 11.9. The molecule has 3 heterocycles.